The first-order chi connectivity index (χ1) is 13.9. The van der Waals surface area contributed by atoms with Crippen molar-refractivity contribution < 1.29 is 9.59 Å². The molecule has 0 aliphatic carbocycles. The van der Waals surface area contributed by atoms with Crippen LogP contribution in [-0.2, 0) is 16.1 Å². The van der Waals surface area contributed by atoms with Crippen LogP contribution in [0.25, 0.3) is 0 Å². The summed E-state index contributed by atoms with van der Waals surface area (Å²) in [6.45, 7) is 10.1. The van der Waals surface area contributed by atoms with Crippen LogP contribution in [0.15, 0.2) is 41.1 Å². The number of rotatable bonds is 4. The molecule has 2 amide bonds. The van der Waals surface area contributed by atoms with Crippen molar-refractivity contribution in [3.63, 3.8) is 0 Å². The molecule has 2 aliphatic heterocycles. The Labute approximate surface area is 176 Å². The highest BCUT2D eigenvalue weighted by molar-refractivity contribution is 7.07. The minimum atomic E-state index is -0.930. The first kappa shape index (κ1) is 20.1. The SMILES string of the molecule is C[C@@H](C(=O)N1c2ccccc2NC(=O)C1(C)C)N1CCN(Cc2ccsc2)CC1. The van der Waals surface area contributed by atoms with Gasteiger partial charge in [0.15, 0.2) is 0 Å². The summed E-state index contributed by atoms with van der Waals surface area (Å²) in [5.41, 5.74) is 1.88. The molecule has 3 heterocycles. The summed E-state index contributed by atoms with van der Waals surface area (Å²) in [4.78, 5) is 32.6. The van der Waals surface area contributed by atoms with Crippen molar-refractivity contribution in [2.75, 3.05) is 36.4 Å². The van der Waals surface area contributed by atoms with Crippen molar-refractivity contribution in [1.29, 1.82) is 0 Å². The summed E-state index contributed by atoms with van der Waals surface area (Å²) < 4.78 is 0. The molecule has 154 valence electrons. The van der Waals surface area contributed by atoms with E-state index in [4.69, 9.17) is 0 Å². The van der Waals surface area contributed by atoms with Crippen molar-refractivity contribution in [2.24, 2.45) is 0 Å². The van der Waals surface area contributed by atoms with E-state index in [9.17, 15) is 9.59 Å². The molecule has 6 nitrogen and oxygen atoms in total. The quantitative estimate of drug-likeness (QED) is 0.839. The van der Waals surface area contributed by atoms with Gasteiger partial charge in [-0.15, -0.1) is 0 Å². The largest absolute Gasteiger partial charge is 0.322 e. The lowest BCUT2D eigenvalue weighted by Crippen LogP contribution is -2.63. The van der Waals surface area contributed by atoms with E-state index in [0.717, 1.165) is 38.4 Å². The van der Waals surface area contributed by atoms with Crippen LogP contribution in [0, 0.1) is 0 Å². The zero-order valence-electron chi connectivity index (χ0n) is 17.2. The number of piperazine rings is 1. The molecule has 1 aromatic carbocycles. The van der Waals surface area contributed by atoms with Crippen molar-refractivity contribution in [2.45, 2.75) is 38.9 Å². The number of anilines is 2. The summed E-state index contributed by atoms with van der Waals surface area (Å²) in [6.07, 6.45) is 0. The van der Waals surface area contributed by atoms with Crippen molar-refractivity contribution in [3.05, 3.63) is 46.7 Å². The summed E-state index contributed by atoms with van der Waals surface area (Å²) in [7, 11) is 0. The van der Waals surface area contributed by atoms with Gasteiger partial charge in [0.1, 0.15) is 5.54 Å². The number of thiophene rings is 1. The number of benzene rings is 1. The van der Waals surface area contributed by atoms with Gasteiger partial charge in [-0.2, -0.15) is 11.3 Å². The fraction of sp³-hybridized carbons (Fsp3) is 0.455. The molecule has 2 aromatic rings. The average molecular weight is 413 g/mol. The summed E-state index contributed by atoms with van der Waals surface area (Å²) >= 11 is 1.73. The van der Waals surface area contributed by atoms with E-state index < -0.39 is 5.54 Å². The number of carbonyl (C=O) groups excluding carboxylic acids is 2. The van der Waals surface area contributed by atoms with Gasteiger partial charge in [-0.1, -0.05) is 12.1 Å². The van der Waals surface area contributed by atoms with E-state index in [2.05, 4.69) is 31.9 Å². The average Bonchev–Trinajstić information content (AvgIpc) is 3.21. The molecule has 1 aromatic heterocycles. The third kappa shape index (κ3) is 3.82. The molecule has 0 bridgehead atoms. The van der Waals surface area contributed by atoms with E-state index >= 15 is 0 Å². The predicted molar refractivity (Wildman–Crippen MR) is 117 cm³/mol. The van der Waals surface area contributed by atoms with Gasteiger partial charge in [-0.25, -0.2) is 0 Å². The second-order valence-electron chi connectivity index (χ2n) is 8.32. The fourth-order valence-corrected chi connectivity index (χ4v) is 4.80. The zero-order chi connectivity index (χ0) is 20.6. The highest BCUT2D eigenvalue weighted by atomic mass is 32.1. The molecule has 29 heavy (non-hydrogen) atoms. The van der Waals surface area contributed by atoms with E-state index in [1.54, 1.807) is 16.2 Å². The number of nitrogens with one attached hydrogen (secondary N) is 1. The van der Waals surface area contributed by atoms with Crippen molar-refractivity contribution in [3.8, 4) is 0 Å². The number of nitrogens with zero attached hydrogens (tertiary/aromatic N) is 3. The Morgan fingerprint density at radius 1 is 1.17 bits per heavy atom. The Kier molecular flexibility index (Phi) is 5.46. The molecule has 0 spiro atoms. The van der Waals surface area contributed by atoms with Crippen LogP contribution in [0.1, 0.15) is 26.3 Å². The minimum absolute atomic E-state index is 0.0245. The van der Waals surface area contributed by atoms with Crippen LogP contribution in [0.4, 0.5) is 11.4 Å². The number of fused-ring (bicyclic) bond motifs is 1. The Hall–Kier alpha value is -2.22. The number of para-hydroxylation sites is 2. The molecular weight excluding hydrogens is 384 g/mol. The van der Waals surface area contributed by atoms with E-state index in [-0.39, 0.29) is 17.9 Å². The molecule has 7 heteroatoms. The molecule has 4 rings (SSSR count). The summed E-state index contributed by atoms with van der Waals surface area (Å²) in [6, 6.07) is 9.41. The maximum Gasteiger partial charge on any atom is 0.250 e. The minimum Gasteiger partial charge on any atom is -0.322 e. The first-order valence-corrected chi connectivity index (χ1v) is 11.0. The van der Waals surface area contributed by atoms with Crippen LogP contribution < -0.4 is 10.2 Å². The predicted octanol–water partition coefficient (Wildman–Crippen LogP) is 3.02. The van der Waals surface area contributed by atoms with Crippen LogP contribution in [0.5, 0.6) is 0 Å². The molecule has 1 N–H and O–H groups in total. The lowest BCUT2D eigenvalue weighted by molar-refractivity contribution is -0.129. The molecule has 0 unspecified atom stereocenters. The van der Waals surface area contributed by atoms with Gasteiger partial charge >= 0.3 is 0 Å². The fourth-order valence-electron chi connectivity index (χ4n) is 4.14. The smallest absolute Gasteiger partial charge is 0.250 e. The highest BCUT2D eigenvalue weighted by Crippen LogP contribution is 2.37. The Bertz CT molecular complexity index is 888. The number of hydrogen-bond acceptors (Lipinski definition) is 5. The van der Waals surface area contributed by atoms with Gasteiger partial charge in [0.2, 0.25) is 11.8 Å². The van der Waals surface area contributed by atoms with Crippen molar-refractivity contribution in [1.82, 2.24) is 9.80 Å². The standard InChI is InChI=1S/C22H28N4O2S/c1-16(25-11-9-24(10-12-25)14-17-8-13-29-15-17)20(27)26-19-7-5-4-6-18(19)23-21(28)22(26,2)3/h4-8,13,15-16H,9-12,14H2,1-3H3,(H,23,28)/t16-/m0/s1. The van der Waals surface area contributed by atoms with Crippen LogP contribution >= 0.6 is 11.3 Å². The Morgan fingerprint density at radius 3 is 2.59 bits per heavy atom. The lowest BCUT2D eigenvalue weighted by Gasteiger charge is -2.45. The van der Waals surface area contributed by atoms with Gasteiger partial charge in [-0.3, -0.25) is 24.3 Å². The second kappa shape index (κ2) is 7.89. The molecule has 1 saturated heterocycles. The third-order valence-corrected chi connectivity index (χ3v) is 6.76. The summed E-state index contributed by atoms with van der Waals surface area (Å²) in [5.74, 6) is -0.180. The number of amides is 2. The van der Waals surface area contributed by atoms with Crippen LogP contribution in [0.2, 0.25) is 0 Å². The molecule has 1 fully saturated rings. The monoisotopic (exact) mass is 412 g/mol. The molecule has 1 atom stereocenters. The third-order valence-electron chi connectivity index (χ3n) is 6.03. The maximum absolute atomic E-state index is 13.6. The molecular formula is C22H28N4O2S. The topological polar surface area (TPSA) is 55.9 Å². The number of carbonyl (C=O) groups is 2. The van der Waals surface area contributed by atoms with Gasteiger partial charge in [0, 0.05) is 32.7 Å². The maximum atomic E-state index is 13.6. The van der Waals surface area contributed by atoms with Gasteiger partial charge in [-0.05, 0) is 55.3 Å². The van der Waals surface area contributed by atoms with Crippen molar-refractivity contribution >= 4 is 34.5 Å². The van der Waals surface area contributed by atoms with E-state index in [0.29, 0.717) is 5.69 Å². The number of hydrogen-bond donors (Lipinski definition) is 1. The Balaban J connectivity index is 1.47. The van der Waals surface area contributed by atoms with Crippen LogP contribution in [0.3, 0.4) is 0 Å². The van der Waals surface area contributed by atoms with E-state index in [1.807, 2.05) is 45.0 Å². The van der Waals surface area contributed by atoms with E-state index in [1.165, 1.54) is 5.56 Å². The zero-order valence-corrected chi connectivity index (χ0v) is 18.0. The van der Waals surface area contributed by atoms with Gasteiger partial charge in [0.05, 0.1) is 17.4 Å². The van der Waals surface area contributed by atoms with Gasteiger partial charge in [0.25, 0.3) is 0 Å². The van der Waals surface area contributed by atoms with Gasteiger partial charge < -0.3 is 5.32 Å². The Morgan fingerprint density at radius 2 is 1.90 bits per heavy atom. The van der Waals surface area contributed by atoms with Crippen LogP contribution in [-0.4, -0.2) is 59.4 Å². The lowest BCUT2D eigenvalue weighted by atomic mass is 9.95. The molecule has 0 radical (unpaired) electrons. The normalized spacial score (nSPS) is 20.8. The first-order valence-electron chi connectivity index (χ1n) is 10.1. The molecule has 2 aliphatic rings. The molecule has 0 saturated carbocycles. The summed E-state index contributed by atoms with van der Waals surface area (Å²) in [5, 5.41) is 7.23. The highest BCUT2D eigenvalue weighted by Gasteiger charge is 2.45. The second-order valence-corrected chi connectivity index (χ2v) is 9.10.